The van der Waals surface area contributed by atoms with E-state index in [4.69, 9.17) is 4.74 Å². The summed E-state index contributed by atoms with van der Waals surface area (Å²) in [5.41, 5.74) is -0.162. The molecule has 3 N–H and O–H groups in total. The van der Waals surface area contributed by atoms with Gasteiger partial charge in [-0.1, -0.05) is 31.0 Å². The van der Waals surface area contributed by atoms with Crippen molar-refractivity contribution >= 4 is 39.3 Å². The second-order valence-electron chi connectivity index (χ2n) is 9.91. The lowest BCUT2D eigenvalue weighted by Crippen LogP contribution is -2.50. The van der Waals surface area contributed by atoms with Gasteiger partial charge in [0.15, 0.2) is 5.03 Å². The Hall–Kier alpha value is -2.92. The average Bonchev–Trinajstić information content (AvgIpc) is 3.38. The molecule has 17 heteroatoms. The molecule has 1 aromatic heterocycles. The Balaban J connectivity index is 1.49. The second-order valence-corrected chi connectivity index (χ2v) is 12.6. The molecule has 2 saturated carbocycles. The summed E-state index contributed by atoms with van der Waals surface area (Å²) >= 11 is 0.596. The number of amides is 2. The number of hydrogen-bond donors (Lipinski definition) is 3. The molecular formula is C24H29F4N5O6S2. The largest absolute Gasteiger partial charge is 0.495 e. The Morgan fingerprint density at radius 3 is 2.51 bits per heavy atom. The van der Waals surface area contributed by atoms with Crippen LogP contribution in [0.5, 0.6) is 5.75 Å². The molecule has 1 heterocycles. The fourth-order valence-corrected chi connectivity index (χ4v) is 6.87. The van der Waals surface area contributed by atoms with E-state index in [0.717, 1.165) is 19.3 Å². The first-order chi connectivity index (χ1) is 19.4. The number of thioether (sulfide) groups is 1. The third-order valence-electron chi connectivity index (χ3n) is 6.84. The van der Waals surface area contributed by atoms with Crippen LogP contribution >= 0.6 is 11.8 Å². The number of halogens is 4. The van der Waals surface area contributed by atoms with Crippen LogP contribution in [0, 0.1) is 5.92 Å². The van der Waals surface area contributed by atoms with Crippen LogP contribution in [0.25, 0.3) is 0 Å². The minimum atomic E-state index is -4.20. The summed E-state index contributed by atoms with van der Waals surface area (Å²) in [6.07, 6.45) is 0.0909. The van der Waals surface area contributed by atoms with E-state index < -0.39 is 64.9 Å². The van der Waals surface area contributed by atoms with Crippen molar-refractivity contribution in [2.75, 3.05) is 18.2 Å². The van der Waals surface area contributed by atoms with Gasteiger partial charge in [-0.25, -0.2) is 35.3 Å². The number of hydrogen-bond acceptors (Lipinski definition) is 9. The molecule has 1 atom stereocenters. The first-order valence-corrected chi connectivity index (χ1v) is 15.3. The number of sulfonamides is 1. The Morgan fingerprint density at radius 1 is 1.17 bits per heavy atom. The summed E-state index contributed by atoms with van der Waals surface area (Å²) < 4.78 is 89.2. The molecular weight excluding hydrogens is 594 g/mol. The Bertz CT molecular complexity index is 1350. The molecule has 2 aliphatic carbocycles. The number of nitrogens with one attached hydrogen (secondary N) is 3. The summed E-state index contributed by atoms with van der Waals surface area (Å²) in [6.45, 7) is 0. The van der Waals surface area contributed by atoms with Crippen molar-refractivity contribution in [3.05, 3.63) is 23.9 Å². The van der Waals surface area contributed by atoms with Gasteiger partial charge in [0.05, 0.1) is 12.9 Å². The monoisotopic (exact) mass is 623 g/mol. The average molecular weight is 624 g/mol. The molecule has 41 heavy (non-hydrogen) atoms. The van der Waals surface area contributed by atoms with Crippen LogP contribution in [0.2, 0.25) is 0 Å². The summed E-state index contributed by atoms with van der Waals surface area (Å²) in [5.74, 6) is -5.33. The zero-order valence-electron chi connectivity index (χ0n) is 21.9. The van der Waals surface area contributed by atoms with Crippen LogP contribution in [0.1, 0.15) is 55.4 Å². The summed E-state index contributed by atoms with van der Waals surface area (Å²) in [6, 6.07) is 1.81. The maximum absolute atomic E-state index is 13.4. The smallest absolute Gasteiger partial charge is 0.277 e. The summed E-state index contributed by atoms with van der Waals surface area (Å²) in [7, 11) is -2.98. The molecule has 4 rings (SSSR count). The highest BCUT2D eigenvalue weighted by Crippen LogP contribution is 2.39. The quantitative estimate of drug-likeness (QED) is 0.237. The van der Waals surface area contributed by atoms with Gasteiger partial charge < -0.3 is 15.4 Å². The van der Waals surface area contributed by atoms with Crippen LogP contribution < -0.4 is 20.1 Å². The molecule has 0 saturated heterocycles. The number of anilines is 1. The van der Waals surface area contributed by atoms with Gasteiger partial charge in [0, 0.05) is 30.6 Å². The van der Waals surface area contributed by atoms with Crippen molar-refractivity contribution in [2.45, 2.75) is 79.3 Å². The number of carbonyl (C=O) groups is 2. The van der Waals surface area contributed by atoms with E-state index in [1.54, 1.807) is 0 Å². The zero-order chi connectivity index (χ0) is 29.8. The van der Waals surface area contributed by atoms with Crippen molar-refractivity contribution in [3.8, 4) is 5.75 Å². The van der Waals surface area contributed by atoms with Gasteiger partial charge in [0.25, 0.3) is 11.8 Å². The number of benzene rings is 1. The first-order valence-electron chi connectivity index (χ1n) is 12.8. The van der Waals surface area contributed by atoms with E-state index in [9.17, 15) is 35.6 Å². The van der Waals surface area contributed by atoms with Crippen LogP contribution in [0.3, 0.4) is 0 Å². The van der Waals surface area contributed by atoms with Gasteiger partial charge in [0.1, 0.15) is 16.7 Å². The summed E-state index contributed by atoms with van der Waals surface area (Å²) in [4.78, 5) is 26.1. The lowest BCUT2D eigenvalue weighted by atomic mass is 9.83. The highest BCUT2D eigenvalue weighted by Gasteiger charge is 2.47. The molecule has 0 bridgehead atoms. The van der Waals surface area contributed by atoms with Crippen LogP contribution in [0.4, 0.5) is 23.2 Å². The maximum atomic E-state index is 13.4. The first kappa shape index (κ1) is 31.0. The van der Waals surface area contributed by atoms with Gasteiger partial charge in [-0.15, -0.1) is 0 Å². The standard InChI is InChI=1S/C24H29F4N5O6S2/c1-38-16-9-14(7-8-17(16)41(36,37)33-15-10-24(27,28)11-15)29-21(34)19(13-5-3-2-4-6-13)30-22(35)20-23(32-39-31-20)40-12-18(25)26/h7-9,13,15,18-19,33H,2-6,10-12H2,1H3,(H,29,34)(H,30,35)/t19-/m0/s1. The van der Waals surface area contributed by atoms with Gasteiger partial charge in [0.2, 0.25) is 28.0 Å². The van der Waals surface area contributed by atoms with Crippen molar-refractivity contribution in [1.29, 1.82) is 0 Å². The van der Waals surface area contributed by atoms with Crippen LogP contribution in [-0.4, -0.2) is 67.8 Å². The summed E-state index contributed by atoms with van der Waals surface area (Å²) in [5, 5.41) is 12.2. The molecule has 2 aromatic rings. The van der Waals surface area contributed by atoms with Crippen molar-refractivity contribution < 1.29 is 44.9 Å². The van der Waals surface area contributed by atoms with E-state index in [1.165, 1.54) is 25.3 Å². The van der Waals surface area contributed by atoms with E-state index >= 15 is 0 Å². The Labute approximate surface area is 237 Å². The predicted molar refractivity (Wildman–Crippen MR) is 139 cm³/mol. The Morgan fingerprint density at radius 2 is 1.88 bits per heavy atom. The molecule has 1 aromatic carbocycles. The predicted octanol–water partition coefficient (Wildman–Crippen LogP) is 3.83. The normalized spacial score (nSPS) is 18.5. The molecule has 0 aliphatic heterocycles. The highest BCUT2D eigenvalue weighted by atomic mass is 32.2. The number of nitrogens with zero attached hydrogens (tertiary/aromatic N) is 2. The molecule has 2 aliphatic rings. The van der Waals surface area contributed by atoms with Crippen LogP contribution in [0.15, 0.2) is 32.7 Å². The third kappa shape index (κ3) is 7.88. The number of methoxy groups -OCH3 is 1. The lowest BCUT2D eigenvalue weighted by molar-refractivity contribution is -0.119. The topological polar surface area (TPSA) is 153 Å². The van der Waals surface area contributed by atoms with E-state index in [0.29, 0.717) is 24.6 Å². The van der Waals surface area contributed by atoms with E-state index in [2.05, 4.69) is 30.3 Å². The molecule has 11 nitrogen and oxygen atoms in total. The SMILES string of the molecule is COc1cc(NC(=O)[C@@H](NC(=O)c2nonc2SCC(F)F)C2CCCCC2)ccc1S(=O)(=O)NC1CC(F)(F)C1. The highest BCUT2D eigenvalue weighted by molar-refractivity contribution is 7.99. The molecule has 226 valence electrons. The van der Waals surface area contributed by atoms with Gasteiger partial charge >= 0.3 is 0 Å². The number of ether oxygens (including phenoxy) is 1. The van der Waals surface area contributed by atoms with Gasteiger partial charge in [-0.2, -0.15) is 0 Å². The zero-order valence-corrected chi connectivity index (χ0v) is 23.5. The van der Waals surface area contributed by atoms with Gasteiger partial charge in [-0.05, 0) is 41.2 Å². The van der Waals surface area contributed by atoms with Gasteiger partial charge in [-0.3, -0.25) is 9.59 Å². The van der Waals surface area contributed by atoms with Crippen molar-refractivity contribution in [1.82, 2.24) is 20.4 Å². The molecule has 0 spiro atoms. The molecule has 2 amide bonds. The third-order valence-corrected chi connectivity index (χ3v) is 9.36. The van der Waals surface area contributed by atoms with Crippen molar-refractivity contribution in [2.24, 2.45) is 5.92 Å². The number of carbonyl (C=O) groups excluding carboxylic acids is 2. The molecule has 2 fully saturated rings. The number of rotatable bonds is 12. The van der Waals surface area contributed by atoms with Crippen LogP contribution in [-0.2, 0) is 14.8 Å². The second kappa shape index (κ2) is 12.9. The Kier molecular flexibility index (Phi) is 9.79. The molecule has 0 unspecified atom stereocenters. The van der Waals surface area contributed by atoms with E-state index in [1.807, 2.05) is 0 Å². The number of aromatic nitrogens is 2. The lowest BCUT2D eigenvalue weighted by Gasteiger charge is -2.35. The number of alkyl halides is 4. The minimum Gasteiger partial charge on any atom is -0.495 e. The molecule has 0 radical (unpaired) electrons. The van der Waals surface area contributed by atoms with Crippen molar-refractivity contribution in [3.63, 3.8) is 0 Å². The van der Waals surface area contributed by atoms with E-state index in [-0.39, 0.29) is 33.0 Å². The fraction of sp³-hybridized carbons (Fsp3) is 0.583. The fourth-order valence-electron chi connectivity index (χ4n) is 4.85. The minimum absolute atomic E-state index is 0.131. The maximum Gasteiger partial charge on any atom is 0.277 e.